The lowest BCUT2D eigenvalue weighted by Crippen LogP contribution is -2.47. The predicted octanol–water partition coefficient (Wildman–Crippen LogP) is 4.18. The Kier molecular flexibility index (Phi) is 6.81. The van der Waals surface area contributed by atoms with Gasteiger partial charge in [0, 0.05) is 0 Å². The van der Waals surface area contributed by atoms with Gasteiger partial charge in [-0.2, -0.15) is 0 Å². The molecule has 8 nitrogen and oxygen atoms in total. The van der Waals surface area contributed by atoms with E-state index in [1.165, 1.54) is 4.90 Å². The fourth-order valence-corrected chi connectivity index (χ4v) is 4.49. The Hall–Kier alpha value is -3.98. The molecule has 5 rings (SSSR count). The Bertz CT molecular complexity index is 1340. The van der Waals surface area contributed by atoms with Gasteiger partial charge in [-0.25, -0.2) is 0 Å². The average molecular weight is 551 g/mol. The molecule has 184 valence electrons. The van der Waals surface area contributed by atoms with Crippen LogP contribution in [0.15, 0.2) is 77.0 Å². The van der Waals surface area contributed by atoms with Gasteiger partial charge in [0.1, 0.15) is 25.0 Å². The van der Waals surface area contributed by atoms with Crippen molar-refractivity contribution in [2.24, 2.45) is 0 Å². The standard InChI is InChI=1S/C27H23BrN2O6/c1-33-21-11-10-17(12-19(21)28)13-25-27(32)30(20-6-2-3-7-22(20)36-25)15-26(31)29-14-18-16-34-23-8-4-5-9-24(23)35-18/h2-13,18H,14-16H2,1H3,(H,29,31)/b25-13-. The molecule has 2 aliphatic heterocycles. The smallest absolute Gasteiger partial charge is 0.294 e. The highest BCUT2D eigenvalue weighted by molar-refractivity contribution is 9.10. The number of ether oxygens (including phenoxy) is 4. The lowest BCUT2D eigenvalue weighted by atomic mass is 10.1. The maximum Gasteiger partial charge on any atom is 0.294 e. The van der Waals surface area contributed by atoms with Gasteiger partial charge in [0.05, 0.1) is 23.8 Å². The van der Waals surface area contributed by atoms with E-state index >= 15 is 0 Å². The van der Waals surface area contributed by atoms with Crippen molar-refractivity contribution in [1.82, 2.24) is 5.32 Å². The Morgan fingerprint density at radius 2 is 1.86 bits per heavy atom. The summed E-state index contributed by atoms with van der Waals surface area (Å²) < 4.78 is 23.5. The molecule has 0 fully saturated rings. The molecule has 3 aromatic carbocycles. The summed E-state index contributed by atoms with van der Waals surface area (Å²) in [4.78, 5) is 27.6. The number of halogens is 1. The van der Waals surface area contributed by atoms with Gasteiger partial charge in [-0.1, -0.05) is 30.3 Å². The summed E-state index contributed by atoms with van der Waals surface area (Å²) in [6, 6.07) is 19.9. The lowest BCUT2D eigenvalue weighted by Gasteiger charge is -2.30. The monoisotopic (exact) mass is 550 g/mol. The number of hydrogen-bond donors (Lipinski definition) is 1. The van der Waals surface area contributed by atoms with Crippen LogP contribution >= 0.6 is 15.9 Å². The molecule has 1 unspecified atom stereocenters. The molecule has 0 aromatic heterocycles. The fraction of sp³-hybridized carbons (Fsp3) is 0.185. The zero-order valence-electron chi connectivity index (χ0n) is 19.4. The summed E-state index contributed by atoms with van der Waals surface area (Å²) in [6.45, 7) is 0.393. The average Bonchev–Trinajstić information content (AvgIpc) is 2.90. The van der Waals surface area contributed by atoms with Gasteiger partial charge in [0.25, 0.3) is 5.91 Å². The van der Waals surface area contributed by atoms with Crippen LogP contribution in [0.2, 0.25) is 0 Å². The third-order valence-corrected chi connectivity index (χ3v) is 6.32. The highest BCUT2D eigenvalue weighted by atomic mass is 79.9. The summed E-state index contributed by atoms with van der Waals surface area (Å²) in [7, 11) is 1.58. The number of methoxy groups -OCH3 is 1. The van der Waals surface area contributed by atoms with Crippen molar-refractivity contribution >= 4 is 39.5 Å². The van der Waals surface area contributed by atoms with E-state index in [0.29, 0.717) is 35.3 Å². The first-order valence-electron chi connectivity index (χ1n) is 11.3. The molecule has 0 spiro atoms. The normalized spacial score (nSPS) is 17.3. The first-order chi connectivity index (χ1) is 17.5. The minimum atomic E-state index is -0.415. The fourth-order valence-electron chi connectivity index (χ4n) is 3.93. The highest BCUT2D eigenvalue weighted by Gasteiger charge is 2.32. The molecule has 0 saturated carbocycles. The minimum absolute atomic E-state index is 0.110. The molecule has 1 atom stereocenters. The molecule has 2 aliphatic rings. The molecule has 9 heteroatoms. The molecule has 0 radical (unpaired) electrons. The number of hydrogen-bond acceptors (Lipinski definition) is 6. The van der Waals surface area contributed by atoms with Gasteiger partial charge in [-0.3, -0.25) is 14.5 Å². The summed E-state index contributed by atoms with van der Waals surface area (Å²) >= 11 is 3.45. The Balaban J connectivity index is 1.30. The maximum absolute atomic E-state index is 13.4. The van der Waals surface area contributed by atoms with Crippen molar-refractivity contribution in [2.75, 3.05) is 31.7 Å². The number of nitrogens with one attached hydrogen (secondary N) is 1. The second-order valence-electron chi connectivity index (χ2n) is 8.17. The van der Waals surface area contributed by atoms with Crippen molar-refractivity contribution in [3.05, 3.63) is 82.5 Å². The van der Waals surface area contributed by atoms with Crippen LogP contribution < -0.4 is 29.2 Å². The van der Waals surface area contributed by atoms with Gasteiger partial charge >= 0.3 is 0 Å². The quantitative estimate of drug-likeness (QED) is 0.463. The van der Waals surface area contributed by atoms with Crippen molar-refractivity contribution in [3.63, 3.8) is 0 Å². The topological polar surface area (TPSA) is 86.3 Å². The number of rotatable bonds is 6. The van der Waals surface area contributed by atoms with Crippen LogP contribution in [0.5, 0.6) is 23.0 Å². The number of benzene rings is 3. The number of carbonyl (C=O) groups is 2. The number of fused-ring (bicyclic) bond motifs is 2. The molecular weight excluding hydrogens is 528 g/mol. The molecular formula is C27H23BrN2O6. The third kappa shape index (κ3) is 5.01. The number of para-hydroxylation sites is 4. The van der Waals surface area contributed by atoms with E-state index in [2.05, 4.69) is 21.2 Å². The molecule has 1 N–H and O–H groups in total. The predicted molar refractivity (Wildman–Crippen MR) is 137 cm³/mol. The second-order valence-corrected chi connectivity index (χ2v) is 9.02. The van der Waals surface area contributed by atoms with E-state index in [9.17, 15) is 9.59 Å². The van der Waals surface area contributed by atoms with Gasteiger partial charge < -0.3 is 24.3 Å². The molecule has 0 bridgehead atoms. The van der Waals surface area contributed by atoms with E-state index in [-0.39, 0.29) is 30.9 Å². The number of nitrogens with zero attached hydrogens (tertiary/aromatic N) is 1. The van der Waals surface area contributed by atoms with Crippen LogP contribution in [0.4, 0.5) is 5.69 Å². The molecule has 2 amide bonds. The van der Waals surface area contributed by atoms with E-state index < -0.39 is 5.91 Å². The van der Waals surface area contributed by atoms with Gasteiger partial charge in [0.2, 0.25) is 5.91 Å². The zero-order valence-corrected chi connectivity index (χ0v) is 21.0. The first-order valence-corrected chi connectivity index (χ1v) is 12.1. The Morgan fingerprint density at radius 3 is 2.64 bits per heavy atom. The summed E-state index contributed by atoms with van der Waals surface area (Å²) in [5.74, 6) is 1.85. The molecule has 0 aliphatic carbocycles. The molecule has 3 aromatic rings. The van der Waals surface area contributed by atoms with Crippen molar-refractivity contribution in [3.8, 4) is 23.0 Å². The third-order valence-electron chi connectivity index (χ3n) is 5.70. The number of carbonyl (C=O) groups excluding carboxylic acids is 2. The SMILES string of the molecule is COc1ccc(/C=C2\Oc3ccccc3N(CC(=O)NCC3COc4ccccc4O3)C2=O)cc1Br. The summed E-state index contributed by atoms with van der Waals surface area (Å²) in [5.41, 5.74) is 1.27. The lowest BCUT2D eigenvalue weighted by molar-refractivity contribution is -0.123. The van der Waals surface area contributed by atoms with Crippen LogP contribution in [0, 0.1) is 0 Å². The number of amides is 2. The number of anilines is 1. The molecule has 0 saturated heterocycles. The van der Waals surface area contributed by atoms with E-state index in [0.717, 1.165) is 10.0 Å². The Labute approximate surface area is 216 Å². The van der Waals surface area contributed by atoms with Crippen molar-refractivity contribution in [2.45, 2.75) is 6.10 Å². The van der Waals surface area contributed by atoms with E-state index in [4.69, 9.17) is 18.9 Å². The van der Waals surface area contributed by atoms with Gasteiger partial charge in [-0.05, 0) is 64.0 Å². The second kappa shape index (κ2) is 10.3. The largest absolute Gasteiger partial charge is 0.496 e. The van der Waals surface area contributed by atoms with Crippen molar-refractivity contribution < 1.29 is 28.5 Å². The summed E-state index contributed by atoms with van der Waals surface area (Å²) in [5, 5.41) is 2.85. The Morgan fingerprint density at radius 1 is 1.11 bits per heavy atom. The van der Waals surface area contributed by atoms with E-state index in [1.807, 2.05) is 42.5 Å². The molecule has 36 heavy (non-hydrogen) atoms. The minimum Gasteiger partial charge on any atom is -0.496 e. The van der Waals surface area contributed by atoms with Crippen LogP contribution in [0.1, 0.15) is 5.56 Å². The summed E-state index contributed by atoms with van der Waals surface area (Å²) in [6.07, 6.45) is 1.30. The first kappa shape index (κ1) is 23.7. The van der Waals surface area contributed by atoms with Crippen LogP contribution in [-0.2, 0) is 9.59 Å². The van der Waals surface area contributed by atoms with Crippen molar-refractivity contribution in [1.29, 1.82) is 0 Å². The zero-order chi connectivity index (χ0) is 25.1. The highest BCUT2D eigenvalue weighted by Crippen LogP contribution is 2.36. The van der Waals surface area contributed by atoms with Crippen LogP contribution in [0.25, 0.3) is 6.08 Å². The van der Waals surface area contributed by atoms with Gasteiger partial charge in [0.15, 0.2) is 23.0 Å². The maximum atomic E-state index is 13.4. The van der Waals surface area contributed by atoms with E-state index in [1.54, 1.807) is 37.5 Å². The molecule has 2 heterocycles. The van der Waals surface area contributed by atoms with Crippen LogP contribution in [0.3, 0.4) is 0 Å². The van der Waals surface area contributed by atoms with Gasteiger partial charge in [-0.15, -0.1) is 0 Å². The van der Waals surface area contributed by atoms with Crippen LogP contribution in [-0.4, -0.2) is 44.7 Å².